The highest BCUT2D eigenvalue weighted by Gasteiger charge is 2.19. The number of allylic oxidation sites excluding steroid dienone is 1. The standard InChI is InChI=1S/C26H26N4O4S/c1-2-17-4-3-5-21-18(15-27-24(17)21)14-22-25(32)30(26(33)35-22)16-23(31)28-19-6-8-20(9-7-19)29-10-12-34-13-11-29/h3-9,14-15,32H,2,10-13,16H2,1H3,(H,28,31)/b18-14+. The van der Waals surface area contributed by atoms with Gasteiger partial charge in [-0.05, 0) is 42.3 Å². The van der Waals surface area contributed by atoms with Crippen LogP contribution in [0.1, 0.15) is 22.9 Å². The molecule has 2 aromatic carbocycles. The van der Waals surface area contributed by atoms with Gasteiger partial charge in [0, 0.05) is 41.8 Å². The minimum Gasteiger partial charge on any atom is -0.493 e. The normalized spacial score (nSPS) is 16.0. The first-order chi connectivity index (χ1) is 17.0. The molecule has 0 unspecified atom stereocenters. The van der Waals surface area contributed by atoms with Crippen molar-refractivity contribution in [3.05, 3.63) is 68.1 Å². The Kier molecular flexibility index (Phi) is 6.52. The third-order valence-corrected chi connectivity index (χ3v) is 7.07. The number of aryl methyl sites for hydroxylation is 1. The predicted molar refractivity (Wildman–Crippen MR) is 140 cm³/mol. The molecule has 0 bridgehead atoms. The molecular weight excluding hydrogens is 464 g/mol. The van der Waals surface area contributed by atoms with E-state index in [0.29, 0.717) is 23.8 Å². The van der Waals surface area contributed by atoms with E-state index in [9.17, 15) is 14.7 Å². The summed E-state index contributed by atoms with van der Waals surface area (Å²) in [7, 11) is 0. The fraction of sp³-hybridized carbons (Fsp3) is 0.269. The van der Waals surface area contributed by atoms with E-state index < -0.39 is 4.87 Å². The van der Waals surface area contributed by atoms with Crippen LogP contribution in [0.15, 0.2) is 52.3 Å². The van der Waals surface area contributed by atoms with E-state index in [1.165, 1.54) is 0 Å². The van der Waals surface area contributed by atoms with Crippen molar-refractivity contribution >= 4 is 52.2 Å². The van der Waals surface area contributed by atoms with Crippen LogP contribution in [0, 0.1) is 0 Å². The number of carbonyl (C=O) groups is 1. The van der Waals surface area contributed by atoms with Crippen LogP contribution < -0.4 is 15.1 Å². The van der Waals surface area contributed by atoms with Gasteiger partial charge < -0.3 is 20.1 Å². The van der Waals surface area contributed by atoms with Crippen LogP contribution in [0.25, 0.3) is 11.6 Å². The van der Waals surface area contributed by atoms with Gasteiger partial charge in [-0.25, -0.2) is 0 Å². The Labute approximate surface area is 206 Å². The lowest BCUT2D eigenvalue weighted by molar-refractivity contribution is -0.116. The number of nitrogens with zero attached hydrogens (tertiary/aromatic N) is 3. The number of rotatable bonds is 6. The molecular formula is C26H26N4O4S. The number of anilines is 2. The second kappa shape index (κ2) is 9.89. The average Bonchev–Trinajstić information content (AvgIpc) is 3.41. The molecule has 1 fully saturated rings. The molecule has 1 aromatic heterocycles. The number of fused-ring (bicyclic) bond motifs is 1. The molecule has 1 amide bonds. The summed E-state index contributed by atoms with van der Waals surface area (Å²) in [5, 5.41) is 13.5. The van der Waals surface area contributed by atoms with Crippen molar-refractivity contribution < 1.29 is 14.6 Å². The van der Waals surface area contributed by atoms with Gasteiger partial charge in [-0.1, -0.05) is 36.5 Å². The minimum atomic E-state index is -0.398. The van der Waals surface area contributed by atoms with Gasteiger partial charge >= 0.3 is 4.87 Å². The molecule has 2 aliphatic heterocycles. The summed E-state index contributed by atoms with van der Waals surface area (Å²) < 4.78 is 6.47. The first kappa shape index (κ1) is 23.1. The lowest BCUT2D eigenvalue weighted by Crippen LogP contribution is -2.36. The molecule has 9 heteroatoms. The molecule has 180 valence electrons. The third kappa shape index (κ3) is 4.78. The zero-order valence-corrected chi connectivity index (χ0v) is 20.2. The first-order valence-electron chi connectivity index (χ1n) is 11.6. The van der Waals surface area contributed by atoms with Crippen LogP contribution in [0.4, 0.5) is 17.1 Å². The number of morpholine rings is 1. The van der Waals surface area contributed by atoms with Crippen LogP contribution in [0.3, 0.4) is 0 Å². The van der Waals surface area contributed by atoms with Gasteiger partial charge in [0.05, 0.1) is 23.8 Å². The summed E-state index contributed by atoms with van der Waals surface area (Å²) in [4.78, 5) is 31.9. The summed E-state index contributed by atoms with van der Waals surface area (Å²) in [5.41, 5.74) is 5.55. The van der Waals surface area contributed by atoms with E-state index in [-0.39, 0.29) is 18.3 Å². The topological polar surface area (TPSA) is 96.2 Å². The minimum absolute atomic E-state index is 0.223. The van der Waals surface area contributed by atoms with Gasteiger partial charge in [0.25, 0.3) is 0 Å². The molecule has 0 aliphatic carbocycles. The van der Waals surface area contributed by atoms with Crippen LogP contribution in [-0.4, -0.2) is 48.1 Å². The maximum atomic E-state index is 12.6. The number of aromatic nitrogens is 1. The fourth-order valence-electron chi connectivity index (χ4n) is 4.29. The number of amides is 1. The second-order valence-corrected chi connectivity index (χ2v) is 9.35. The molecule has 2 aliphatic rings. The molecule has 3 heterocycles. The number of thiazole rings is 1. The molecule has 2 N–H and O–H groups in total. The smallest absolute Gasteiger partial charge is 0.311 e. The van der Waals surface area contributed by atoms with E-state index in [1.807, 2.05) is 42.5 Å². The van der Waals surface area contributed by atoms with Crippen LogP contribution in [0.2, 0.25) is 0 Å². The zero-order valence-electron chi connectivity index (χ0n) is 19.4. The number of carbonyl (C=O) groups excluding carboxylic acids is 1. The highest BCUT2D eigenvalue weighted by Crippen LogP contribution is 2.37. The van der Waals surface area contributed by atoms with Gasteiger partial charge in [-0.15, -0.1) is 0 Å². The van der Waals surface area contributed by atoms with E-state index in [1.54, 1.807) is 12.3 Å². The lowest BCUT2D eigenvalue weighted by Gasteiger charge is -2.28. The third-order valence-electron chi connectivity index (χ3n) is 6.15. The molecule has 5 rings (SSSR count). The molecule has 8 nitrogen and oxygen atoms in total. The summed E-state index contributed by atoms with van der Waals surface area (Å²) >= 11 is 0.902. The quantitative estimate of drug-likeness (QED) is 0.546. The van der Waals surface area contributed by atoms with Gasteiger partial charge in [0.2, 0.25) is 11.8 Å². The number of benzene rings is 2. The molecule has 0 atom stereocenters. The number of aliphatic imine (C=N–C) groups is 1. The van der Waals surface area contributed by atoms with Gasteiger partial charge in [-0.2, -0.15) is 0 Å². The summed E-state index contributed by atoms with van der Waals surface area (Å²) in [5.74, 6) is -0.613. The summed E-state index contributed by atoms with van der Waals surface area (Å²) in [6.45, 7) is 4.88. The van der Waals surface area contributed by atoms with Crippen molar-refractivity contribution in [2.45, 2.75) is 19.9 Å². The number of nitrogens with one attached hydrogen (secondary N) is 1. The number of aromatic hydroxyl groups is 1. The van der Waals surface area contributed by atoms with Gasteiger partial charge in [0.1, 0.15) is 6.54 Å². The lowest BCUT2D eigenvalue weighted by atomic mass is 10.0. The van der Waals surface area contributed by atoms with E-state index in [0.717, 1.165) is 63.5 Å². The molecule has 1 saturated heterocycles. The first-order valence-corrected chi connectivity index (χ1v) is 12.4. The molecule has 35 heavy (non-hydrogen) atoms. The van der Waals surface area contributed by atoms with E-state index in [4.69, 9.17) is 4.74 Å². The average molecular weight is 491 g/mol. The van der Waals surface area contributed by atoms with Gasteiger partial charge in [0.15, 0.2) is 0 Å². The Morgan fingerprint density at radius 3 is 2.71 bits per heavy atom. The zero-order chi connectivity index (χ0) is 24.4. The number of ether oxygens (including phenoxy) is 1. The Bertz CT molecular complexity index is 1360. The maximum Gasteiger partial charge on any atom is 0.311 e. The number of para-hydroxylation sites is 1. The molecule has 0 spiro atoms. The molecule has 0 radical (unpaired) electrons. The van der Waals surface area contributed by atoms with Crippen molar-refractivity contribution in [2.24, 2.45) is 4.99 Å². The number of hydrogen-bond acceptors (Lipinski definition) is 7. The predicted octanol–water partition coefficient (Wildman–Crippen LogP) is 3.91. The van der Waals surface area contributed by atoms with Crippen molar-refractivity contribution in [2.75, 3.05) is 36.5 Å². The van der Waals surface area contributed by atoms with E-state index in [2.05, 4.69) is 22.1 Å². The molecule has 3 aromatic rings. The fourth-order valence-corrected chi connectivity index (χ4v) is 5.13. The summed E-state index contributed by atoms with van der Waals surface area (Å²) in [6, 6.07) is 13.6. The van der Waals surface area contributed by atoms with Crippen molar-refractivity contribution in [1.29, 1.82) is 0 Å². The van der Waals surface area contributed by atoms with Crippen molar-refractivity contribution in [1.82, 2.24) is 4.57 Å². The maximum absolute atomic E-state index is 12.6. The SMILES string of the molecule is CCc1cccc2c1N=C/C2=C\c1sc(=O)n(CC(=O)Nc2ccc(N3CCOCC3)cc2)c1O. The Hall–Kier alpha value is -3.69. The number of hydrogen-bond donors (Lipinski definition) is 2. The van der Waals surface area contributed by atoms with E-state index >= 15 is 0 Å². The molecule has 0 saturated carbocycles. The largest absolute Gasteiger partial charge is 0.493 e. The van der Waals surface area contributed by atoms with Gasteiger partial charge in [-0.3, -0.25) is 19.1 Å². The van der Waals surface area contributed by atoms with Crippen LogP contribution in [0.5, 0.6) is 5.88 Å². The Balaban J connectivity index is 1.29. The Morgan fingerprint density at radius 1 is 1.20 bits per heavy atom. The highest BCUT2D eigenvalue weighted by molar-refractivity contribution is 7.10. The summed E-state index contributed by atoms with van der Waals surface area (Å²) in [6.07, 6.45) is 4.35. The highest BCUT2D eigenvalue weighted by atomic mass is 32.1. The monoisotopic (exact) mass is 490 g/mol. The Morgan fingerprint density at radius 2 is 1.97 bits per heavy atom. The van der Waals surface area contributed by atoms with Crippen LogP contribution >= 0.6 is 11.3 Å². The van der Waals surface area contributed by atoms with Crippen molar-refractivity contribution in [3.8, 4) is 5.88 Å². The van der Waals surface area contributed by atoms with Crippen LogP contribution in [-0.2, 0) is 22.5 Å². The second-order valence-electron chi connectivity index (χ2n) is 8.36. The van der Waals surface area contributed by atoms with Crippen molar-refractivity contribution in [3.63, 3.8) is 0 Å².